The van der Waals surface area contributed by atoms with E-state index >= 15 is 0 Å². The summed E-state index contributed by atoms with van der Waals surface area (Å²) in [5.41, 5.74) is 6.82. The van der Waals surface area contributed by atoms with Gasteiger partial charge in [0.1, 0.15) is 5.54 Å². The number of aryl methyl sites for hydroxylation is 1. The Morgan fingerprint density at radius 2 is 2.22 bits per heavy atom. The SMILES string of the molecule is COC(=O)C(N)(Cn1nc(C)c(Cl)c1C)C1CC1. The molecule has 100 valence electrons. The Labute approximate surface area is 111 Å². The molecule has 2 rings (SSSR count). The summed E-state index contributed by atoms with van der Waals surface area (Å²) in [4.78, 5) is 11.9. The van der Waals surface area contributed by atoms with Crippen molar-refractivity contribution in [2.75, 3.05) is 7.11 Å². The van der Waals surface area contributed by atoms with Crippen molar-refractivity contribution < 1.29 is 9.53 Å². The first kappa shape index (κ1) is 13.4. The fraction of sp³-hybridized carbons (Fsp3) is 0.667. The molecule has 5 nitrogen and oxygen atoms in total. The van der Waals surface area contributed by atoms with E-state index in [1.54, 1.807) is 4.68 Å². The topological polar surface area (TPSA) is 70.1 Å². The number of methoxy groups -OCH3 is 1. The summed E-state index contributed by atoms with van der Waals surface area (Å²) < 4.78 is 6.53. The lowest BCUT2D eigenvalue weighted by Crippen LogP contribution is -2.54. The number of halogens is 1. The van der Waals surface area contributed by atoms with Gasteiger partial charge in [-0.1, -0.05) is 11.6 Å². The molecule has 1 heterocycles. The zero-order valence-electron chi connectivity index (χ0n) is 10.9. The number of nitrogens with two attached hydrogens (primary N) is 1. The number of carbonyl (C=O) groups is 1. The van der Waals surface area contributed by atoms with Crippen molar-refractivity contribution in [1.82, 2.24) is 9.78 Å². The standard InChI is InChI=1S/C12H18ClN3O2/c1-7-10(13)8(2)16(15-7)6-12(14,9-4-5-9)11(17)18-3/h9H,4-6,14H2,1-3H3. The van der Waals surface area contributed by atoms with Gasteiger partial charge in [0.2, 0.25) is 0 Å². The molecular weight excluding hydrogens is 254 g/mol. The van der Waals surface area contributed by atoms with Gasteiger partial charge >= 0.3 is 5.97 Å². The average Bonchev–Trinajstić information content (AvgIpc) is 3.15. The second-order valence-corrected chi connectivity index (χ2v) is 5.33. The van der Waals surface area contributed by atoms with Crippen molar-refractivity contribution in [3.05, 3.63) is 16.4 Å². The number of hydrogen-bond acceptors (Lipinski definition) is 4. The normalized spacial score (nSPS) is 18.5. The minimum Gasteiger partial charge on any atom is -0.468 e. The van der Waals surface area contributed by atoms with Crippen LogP contribution in [0.5, 0.6) is 0 Å². The molecule has 18 heavy (non-hydrogen) atoms. The number of hydrogen-bond donors (Lipinski definition) is 1. The molecule has 0 radical (unpaired) electrons. The third kappa shape index (κ3) is 2.12. The Morgan fingerprint density at radius 1 is 1.61 bits per heavy atom. The monoisotopic (exact) mass is 271 g/mol. The molecule has 1 atom stereocenters. The van der Waals surface area contributed by atoms with Crippen LogP contribution in [-0.2, 0) is 16.1 Å². The van der Waals surface area contributed by atoms with Crippen molar-refractivity contribution in [2.24, 2.45) is 11.7 Å². The van der Waals surface area contributed by atoms with Crippen molar-refractivity contribution in [1.29, 1.82) is 0 Å². The molecule has 0 spiro atoms. The van der Waals surface area contributed by atoms with Gasteiger partial charge < -0.3 is 10.5 Å². The van der Waals surface area contributed by atoms with Gasteiger partial charge in [-0.25, -0.2) is 4.79 Å². The van der Waals surface area contributed by atoms with Gasteiger partial charge in [0.25, 0.3) is 0 Å². The van der Waals surface area contributed by atoms with Crippen LogP contribution in [-0.4, -0.2) is 28.4 Å². The zero-order valence-corrected chi connectivity index (χ0v) is 11.6. The molecule has 1 aromatic rings. The van der Waals surface area contributed by atoms with Gasteiger partial charge in [-0.05, 0) is 32.6 Å². The maximum atomic E-state index is 11.9. The molecule has 0 amide bonds. The fourth-order valence-corrected chi connectivity index (χ4v) is 2.36. The lowest BCUT2D eigenvalue weighted by Gasteiger charge is -2.26. The molecular formula is C12H18ClN3O2. The Hall–Kier alpha value is -1.07. The van der Waals surface area contributed by atoms with Crippen LogP contribution in [0.15, 0.2) is 0 Å². The van der Waals surface area contributed by atoms with Crippen LogP contribution >= 0.6 is 11.6 Å². The van der Waals surface area contributed by atoms with Crippen LogP contribution < -0.4 is 5.73 Å². The van der Waals surface area contributed by atoms with Crippen LogP contribution in [0.1, 0.15) is 24.2 Å². The first-order valence-corrected chi connectivity index (χ1v) is 6.34. The number of carbonyl (C=O) groups excluding carboxylic acids is 1. The first-order valence-electron chi connectivity index (χ1n) is 5.97. The van der Waals surface area contributed by atoms with Crippen LogP contribution in [0.4, 0.5) is 0 Å². The summed E-state index contributed by atoms with van der Waals surface area (Å²) in [6, 6.07) is 0. The van der Waals surface area contributed by atoms with E-state index in [2.05, 4.69) is 5.10 Å². The summed E-state index contributed by atoms with van der Waals surface area (Å²) in [6.07, 6.45) is 1.91. The lowest BCUT2D eigenvalue weighted by atomic mass is 9.94. The molecule has 1 aliphatic rings. The van der Waals surface area contributed by atoms with Crippen molar-refractivity contribution >= 4 is 17.6 Å². The van der Waals surface area contributed by atoms with E-state index in [1.807, 2.05) is 13.8 Å². The van der Waals surface area contributed by atoms with Crippen LogP contribution in [0.3, 0.4) is 0 Å². The highest BCUT2D eigenvalue weighted by Crippen LogP contribution is 2.40. The molecule has 1 saturated carbocycles. The number of aromatic nitrogens is 2. The van der Waals surface area contributed by atoms with Gasteiger partial charge in [0.05, 0.1) is 30.1 Å². The van der Waals surface area contributed by atoms with E-state index in [9.17, 15) is 4.79 Å². The second kappa shape index (κ2) is 4.55. The number of ether oxygens (including phenoxy) is 1. The second-order valence-electron chi connectivity index (χ2n) is 4.95. The highest BCUT2D eigenvalue weighted by molar-refractivity contribution is 6.31. The summed E-state index contributed by atoms with van der Waals surface area (Å²) in [5, 5.41) is 4.94. The van der Waals surface area contributed by atoms with Gasteiger partial charge in [0.15, 0.2) is 0 Å². The van der Waals surface area contributed by atoms with Crippen LogP contribution in [0.2, 0.25) is 5.02 Å². The van der Waals surface area contributed by atoms with Crippen LogP contribution in [0.25, 0.3) is 0 Å². The minimum atomic E-state index is -0.999. The fourth-order valence-electron chi connectivity index (χ4n) is 2.23. The summed E-state index contributed by atoms with van der Waals surface area (Å²) in [5.74, 6) is -0.207. The molecule has 0 bridgehead atoms. The van der Waals surface area contributed by atoms with E-state index in [1.165, 1.54) is 7.11 Å². The summed E-state index contributed by atoms with van der Waals surface area (Å²) in [6.45, 7) is 4.01. The molecule has 1 unspecified atom stereocenters. The van der Waals surface area contributed by atoms with Gasteiger partial charge in [-0.2, -0.15) is 5.10 Å². The third-order valence-electron chi connectivity index (χ3n) is 3.58. The first-order chi connectivity index (χ1) is 8.40. The molecule has 6 heteroatoms. The number of rotatable bonds is 4. The maximum Gasteiger partial charge on any atom is 0.328 e. The molecule has 0 aliphatic heterocycles. The third-order valence-corrected chi connectivity index (χ3v) is 4.12. The predicted octanol–water partition coefficient (Wildman–Crippen LogP) is 1.43. The summed E-state index contributed by atoms with van der Waals surface area (Å²) >= 11 is 6.10. The van der Waals surface area contributed by atoms with E-state index in [0.717, 1.165) is 24.2 Å². The molecule has 1 aliphatic carbocycles. The zero-order chi connectivity index (χ0) is 13.5. The number of esters is 1. The van der Waals surface area contributed by atoms with E-state index in [0.29, 0.717) is 11.6 Å². The Bertz CT molecular complexity index is 482. The minimum absolute atomic E-state index is 0.174. The molecule has 1 fully saturated rings. The van der Waals surface area contributed by atoms with Gasteiger partial charge in [0, 0.05) is 0 Å². The Morgan fingerprint density at radius 3 is 2.61 bits per heavy atom. The quantitative estimate of drug-likeness (QED) is 0.841. The van der Waals surface area contributed by atoms with Crippen molar-refractivity contribution in [3.63, 3.8) is 0 Å². The van der Waals surface area contributed by atoms with Gasteiger partial charge in [-0.15, -0.1) is 0 Å². The predicted molar refractivity (Wildman–Crippen MR) is 68.4 cm³/mol. The number of nitrogens with zero attached hydrogens (tertiary/aromatic N) is 2. The average molecular weight is 272 g/mol. The molecule has 0 aromatic carbocycles. The van der Waals surface area contributed by atoms with E-state index in [4.69, 9.17) is 22.1 Å². The highest BCUT2D eigenvalue weighted by atomic mass is 35.5. The van der Waals surface area contributed by atoms with Crippen molar-refractivity contribution in [2.45, 2.75) is 38.8 Å². The maximum absolute atomic E-state index is 11.9. The van der Waals surface area contributed by atoms with E-state index < -0.39 is 5.54 Å². The Kier molecular flexibility index (Phi) is 3.38. The van der Waals surface area contributed by atoms with Crippen LogP contribution in [0, 0.1) is 19.8 Å². The Balaban J connectivity index is 2.29. The lowest BCUT2D eigenvalue weighted by molar-refractivity contribution is -0.148. The molecule has 0 saturated heterocycles. The van der Waals surface area contributed by atoms with Crippen molar-refractivity contribution in [3.8, 4) is 0 Å². The molecule has 1 aromatic heterocycles. The highest BCUT2D eigenvalue weighted by Gasteiger charge is 2.49. The molecule has 2 N–H and O–H groups in total. The smallest absolute Gasteiger partial charge is 0.328 e. The summed E-state index contributed by atoms with van der Waals surface area (Å²) in [7, 11) is 1.36. The largest absolute Gasteiger partial charge is 0.468 e. The van der Waals surface area contributed by atoms with Gasteiger partial charge in [-0.3, -0.25) is 4.68 Å². The van der Waals surface area contributed by atoms with E-state index in [-0.39, 0.29) is 11.9 Å².